The average Bonchev–Trinajstić information content (AvgIpc) is 2.77. The minimum Gasteiger partial charge on any atom is -0.399 e. The number of carbonyl (C=O) groups excluding carboxylic acids is 3. The summed E-state index contributed by atoms with van der Waals surface area (Å²) in [6, 6.07) is -2.18. The number of nitrogen functional groups attached to an aromatic ring is 1. The Hall–Kier alpha value is -2.03. The van der Waals surface area contributed by atoms with Crippen molar-refractivity contribution in [2.24, 2.45) is 0 Å². The number of aliphatic hydroxyl groups is 1. The number of nitrogens with one attached hydrogen (secondary N) is 1. The first-order valence-electron chi connectivity index (χ1n) is 7.62. The van der Waals surface area contributed by atoms with Gasteiger partial charge in [0.2, 0.25) is 5.91 Å². The van der Waals surface area contributed by atoms with Crippen molar-refractivity contribution in [2.75, 3.05) is 5.73 Å². The topological polar surface area (TPSA) is 113 Å². The highest BCUT2D eigenvalue weighted by Gasteiger charge is 2.62. The smallest absolute Gasteiger partial charge is 0.253 e. The van der Waals surface area contributed by atoms with E-state index in [1.165, 1.54) is 0 Å². The Morgan fingerprint density at radius 3 is 2.14 bits per heavy atom. The molecule has 1 fully saturated rings. The van der Waals surface area contributed by atoms with Gasteiger partial charge >= 0.3 is 0 Å². The van der Waals surface area contributed by atoms with Crippen LogP contribution in [0, 0.1) is 5.82 Å². The third-order valence-electron chi connectivity index (χ3n) is 4.98. The van der Waals surface area contributed by atoms with Gasteiger partial charge in [0.25, 0.3) is 11.8 Å². The van der Waals surface area contributed by atoms with Crippen LogP contribution in [0.5, 0.6) is 0 Å². The number of halogens is 1. The van der Waals surface area contributed by atoms with Crippen LogP contribution in [0.15, 0.2) is 0 Å². The quantitative estimate of drug-likeness (QED) is 0.262. The van der Waals surface area contributed by atoms with Crippen molar-refractivity contribution in [3.05, 3.63) is 16.9 Å². The SMILES string of the molecule is [B]c1c(N)c2c(c([B])c1F)C(=O)N([C@H]1C(=O)NC(=O)C([B])([B])C1([B])O)C2([B])[B]. The Labute approximate surface area is 168 Å². The number of hydrogen-bond donors (Lipinski definition) is 3. The second kappa shape index (κ2) is 5.75. The lowest BCUT2D eigenvalue weighted by molar-refractivity contribution is -0.147. The summed E-state index contributed by atoms with van der Waals surface area (Å²) in [7, 11) is 39.9. The molecule has 3 rings (SSSR count). The molecule has 4 N–H and O–H groups in total. The zero-order chi connectivity index (χ0) is 21.6. The maximum absolute atomic E-state index is 14.2. The summed E-state index contributed by atoms with van der Waals surface area (Å²) >= 11 is 0. The first kappa shape index (κ1) is 20.7. The lowest BCUT2D eigenvalue weighted by atomic mass is 9.37. The molecule has 0 spiro atoms. The van der Waals surface area contributed by atoms with Crippen LogP contribution in [0.4, 0.5) is 10.1 Å². The number of benzene rings is 1. The van der Waals surface area contributed by atoms with Crippen molar-refractivity contribution in [3.63, 3.8) is 0 Å². The number of amides is 3. The molecule has 124 valence electrons. The van der Waals surface area contributed by atoms with Gasteiger partial charge in [-0.05, 0) is 27.0 Å². The van der Waals surface area contributed by atoms with E-state index in [-0.39, 0.29) is 0 Å². The van der Waals surface area contributed by atoms with Gasteiger partial charge in [0.05, 0.1) is 36.9 Å². The van der Waals surface area contributed by atoms with Gasteiger partial charge in [-0.1, -0.05) is 0 Å². The number of anilines is 1. The van der Waals surface area contributed by atoms with Gasteiger partial charge < -0.3 is 15.7 Å². The summed E-state index contributed by atoms with van der Waals surface area (Å²) < 4.78 is 14.2. The van der Waals surface area contributed by atoms with Crippen molar-refractivity contribution in [1.29, 1.82) is 0 Å². The predicted octanol–water partition coefficient (Wildman–Crippen LogP) is -5.77. The van der Waals surface area contributed by atoms with Crippen molar-refractivity contribution in [2.45, 2.75) is 22.1 Å². The largest absolute Gasteiger partial charge is 0.399 e. The summed E-state index contributed by atoms with van der Waals surface area (Å²) in [5, 5.41) is 7.18. The van der Waals surface area contributed by atoms with E-state index in [9.17, 15) is 23.9 Å². The van der Waals surface area contributed by atoms with Gasteiger partial charge in [-0.15, -0.1) is 0 Å². The Morgan fingerprint density at radius 2 is 1.61 bits per heavy atom. The number of nitrogens with zero attached hydrogens (tertiary/aromatic N) is 1. The number of hydrogen-bond acceptors (Lipinski definition) is 5. The standard InChI is InChI=1S/C13H5B7FN3O4/c14-3-1-2(6(22)4(15)5(3)21)13(19,20)24(9(1)26)7-8(25)23-10(27)11(16,17)12(7,18)28/h7,28H,22H2,(H,23,25,27)/t7-,12?/m0/s1. The van der Waals surface area contributed by atoms with Crippen LogP contribution in [-0.4, -0.2) is 94.2 Å². The lowest BCUT2D eigenvalue weighted by Gasteiger charge is -2.54. The normalized spacial score (nSPS) is 28.1. The lowest BCUT2D eigenvalue weighted by Crippen LogP contribution is -2.75. The molecular formula is C13H5B7FN3O4. The van der Waals surface area contributed by atoms with Crippen LogP contribution in [0.1, 0.15) is 15.9 Å². The number of piperidine rings is 1. The molecule has 28 heavy (non-hydrogen) atoms. The molecule has 0 saturated carbocycles. The number of rotatable bonds is 1. The van der Waals surface area contributed by atoms with Crippen molar-refractivity contribution in [1.82, 2.24) is 10.2 Å². The van der Waals surface area contributed by atoms with Gasteiger partial charge in [0, 0.05) is 11.3 Å². The van der Waals surface area contributed by atoms with E-state index < -0.39 is 73.4 Å². The first-order chi connectivity index (χ1) is 12.6. The van der Waals surface area contributed by atoms with E-state index in [1.54, 1.807) is 5.32 Å². The highest BCUT2D eigenvalue weighted by atomic mass is 19.1. The molecule has 1 unspecified atom stereocenters. The van der Waals surface area contributed by atoms with Gasteiger partial charge in [-0.2, -0.15) is 0 Å². The third kappa shape index (κ3) is 2.25. The van der Waals surface area contributed by atoms with Gasteiger partial charge in [-0.25, -0.2) is 4.39 Å². The van der Waals surface area contributed by atoms with Gasteiger partial charge in [-0.3, -0.25) is 19.7 Å². The van der Waals surface area contributed by atoms with E-state index in [0.717, 1.165) is 0 Å². The van der Waals surface area contributed by atoms with E-state index in [4.69, 9.17) is 60.7 Å². The molecular weight excluding hydrogens is 357 g/mol. The summed E-state index contributed by atoms with van der Waals surface area (Å²) in [5.74, 6) is -5.05. The summed E-state index contributed by atoms with van der Waals surface area (Å²) in [6.07, 6.45) is 0. The van der Waals surface area contributed by atoms with Gasteiger partial charge in [0.1, 0.15) is 35.4 Å². The first-order valence-corrected chi connectivity index (χ1v) is 7.62. The maximum atomic E-state index is 14.2. The second-order valence-electron chi connectivity index (χ2n) is 6.72. The van der Waals surface area contributed by atoms with E-state index in [0.29, 0.717) is 4.90 Å². The molecule has 2 atom stereocenters. The highest BCUT2D eigenvalue weighted by Crippen LogP contribution is 2.45. The molecule has 15 heteroatoms. The third-order valence-corrected chi connectivity index (χ3v) is 4.98. The number of nitrogens with two attached hydrogens (primary N) is 1. The van der Waals surface area contributed by atoms with E-state index >= 15 is 0 Å². The van der Waals surface area contributed by atoms with Crippen LogP contribution < -0.4 is 22.0 Å². The molecule has 7 nitrogen and oxygen atoms in total. The molecule has 1 aromatic carbocycles. The zero-order valence-corrected chi connectivity index (χ0v) is 14.2. The van der Waals surface area contributed by atoms with Crippen LogP contribution in [0.2, 0.25) is 5.21 Å². The number of imide groups is 1. The molecule has 0 bridgehead atoms. The Balaban J connectivity index is 2.29. The van der Waals surface area contributed by atoms with Crippen LogP contribution >= 0.6 is 0 Å². The summed E-state index contributed by atoms with van der Waals surface area (Å²) in [6.45, 7) is 0. The second-order valence-corrected chi connectivity index (χ2v) is 6.72. The van der Waals surface area contributed by atoms with Gasteiger partial charge in [0.15, 0.2) is 0 Å². The molecule has 0 aromatic heterocycles. The molecule has 0 aliphatic carbocycles. The summed E-state index contributed by atoms with van der Waals surface area (Å²) in [4.78, 5) is 37.6. The highest BCUT2D eigenvalue weighted by molar-refractivity contribution is 6.57. The molecule has 2 aliphatic rings. The Morgan fingerprint density at radius 1 is 1.07 bits per heavy atom. The van der Waals surface area contributed by atoms with Crippen LogP contribution in [-0.2, 0) is 14.9 Å². The zero-order valence-electron chi connectivity index (χ0n) is 14.2. The Kier molecular flexibility index (Phi) is 4.25. The average molecular weight is 362 g/mol. The maximum Gasteiger partial charge on any atom is 0.253 e. The fourth-order valence-corrected chi connectivity index (χ4v) is 3.36. The van der Waals surface area contributed by atoms with Crippen molar-refractivity contribution >= 4 is 89.3 Å². The van der Waals surface area contributed by atoms with E-state index in [2.05, 4.69) is 0 Å². The molecule has 1 aromatic rings. The summed E-state index contributed by atoms with van der Waals surface area (Å²) in [5.41, 5.74) is -0.171. The molecule has 3 amide bonds. The predicted molar refractivity (Wildman–Crippen MR) is 103 cm³/mol. The fraction of sp³-hybridized carbons (Fsp3) is 0.308. The van der Waals surface area contributed by atoms with E-state index in [1.807, 2.05) is 0 Å². The molecule has 2 aliphatic heterocycles. The minimum absolute atomic E-state index is 0.361. The molecule has 1 saturated heterocycles. The Bertz CT molecular complexity index is 968. The van der Waals surface area contributed by atoms with Crippen LogP contribution in [0.25, 0.3) is 0 Å². The van der Waals surface area contributed by atoms with Crippen LogP contribution in [0.3, 0.4) is 0 Å². The van der Waals surface area contributed by atoms with Crippen molar-refractivity contribution < 1.29 is 23.9 Å². The fourth-order valence-electron chi connectivity index (χ4n) is 3.36. The number of fused-ring (bicyclic) bond motifs is 1. The monoisotopic (exact) mass is 363 g/mol. The van der Waals surface area contributed by atoms with Crippen molar-refractivity contribution in [3.8, 4) is 0 Å². The molecule has 14 radical (unpaired) electrons. The minimum atomic E-state index is -3.04. The number of carbonyl (C=O) groups is 3. The molecule has 2 heterocycles.